The molecule has 3 aliphatic rings. The maximum Gasteiger partial charge on any atom is 0.192 e. The van der Waals surface area contributed by atoms with Gasteiger partial charge in [-0.15, -0.1) is 0 Å². The van der Waals surface area contributed by atoms with Gasteiger partial charge in [-0.2, -0.15) is 0 Å². The largest absolute Gasteiger partial charge is 0.368 e. The van der Waals surface area contributed by atoms with Crippen LogP contribution in [0.4, 0.5) is 14.5 Å². The monoisotopic (exact) mass is 359 g/mol. The van der Waals surface area contributed by atoms with Gasteiger partial charge in [0.1, 0.15) is 12.0 Å². The van der Waals surface area contributed by atoms with Crippen LogP contribution >= 0.6 is 0 Å². The van der Waals surface area contributed by atoms with Gasteiger partial charge in [0, 0.05) is 48.1 Å². The van der Waals surface area contributed by atoms with E-state index in [1.807, 2.05) is 11.5 Å². The number of aryl methyl sites for hydroxylation is 2. The summed E-state index contributed by atoms with van der Waals surface area (Å²) < 4.78 is 30.7. The van der Waals surface area contributed by atoms with Gasteiger partial charge in [-0.05, 0) is 38.3 Å². The molecule has 5 rings (SSSR count). The van der Waals surface area contributed by atoms with Crippen molar-refractivity contribution in [1.29, 1.82) is 0 Å². The van der Waals surface area contributed by atoms with Crippen molar-refractivity contribution in [3.8, 4) is 0 Å². The number of nitrogens with two attached hydrogens (primary N) is 1. The fourth-order valence-electron chi connectivity index (χ4n) is 4.83. The average Bonchev–Trinajstić information content (AvgIpc) is 3.40. The van der Waals surface area contributed by atoms with E-state index in [1.165, 1.54) is 6.07 Å². The SMILES string of the molecule is Cc1cn(C2CC2F)c2c(C)c(N3CCC4(CC4N)C3)c(F)cc2c1=O. The van der Waals surface area contributed by atoms with E-state index in [9.17, 15) is 9.18 Å². The second-order valence-electron chi connectivity index (χ2n) is 8.44. The van der Waals surface area contributed by atoms with Gasteiger partial charge in [-0.3, -0.25) is 4.79 Å². The number of alkyl halides is 1. The Kier molecular flexibility index (Phi) is 3.16. The third kappa shape index (κ3) is 2.11. The molecule has 4 atom stereocenters. The summed E-state index contributed by atoms with van der Waals surface area (Å²) in [4.78, 5) is 14.7. The number of anilines is 1. The standard InChI is InChI=1S/C20H23F2N3O/c1-10-8-25(15-6-13(15)21)17-11(2)18(14(22)5-12(17)19(10)26)24-4-3-20(9-24)7-16(20)23/h5,8,13,15-16H,3-4,6-7,9,23H2,1-2H3. The minimum Gasteiger partial charge on any atom is -0.368 e. The summed E-state index contributed by atoms with van der Waals surface area (Å²) in [5.74, 6) is -0.372. The highest BCUT2D eigenvalue weighted by Crippen LogP contribution is 2.53. The molecule has 138 valence electrons. The van der Waals surface area contributed by atoms with Crippen molar-refractivity contribution < 1.29 is 8.78 Å². The molecule has 0 bridgehead atoms. The molecule has 2 aliphatic carbocycles. The Hall–Kier alpha value is -1.95. The summed E-state index contributed by atoms with van der Waals surface area (Å²) in [6.45, 7) is 5.07. The van der Waals surface area contributed by atoms with Gasteiger partial charge in [0.25, 0.3) is 0 Å². The van der Waals surface area contributed by atoms with E-state index in [0.29, 0.717) is 28.6 Å². The number of pyridine rings is 1. The van der Waals surface area contributed by atoms with Crippen LogP contribution in [-0.4, -0.2) is 29.9 Å². The highest BCUT2D eigenvalue weighted by atomic mass is 19.1. The molecule has 2 N–H and O–H groups in total. The molecule has 1 spiro atoms. The first-order valence-corrected chi connectivity index (χ1v) is 9.31. The Morgan fingerprint density at radius 2 is 2.04 bits per heavy atom. The topological polar surface area (TPSA) is 51.3 Å². The van der Waals surface area contributed by atoms with Gasteiger partial charge in [-0.25, -0.2) is 8.78 Å². The Labute approximate surface area is 150 Å². The molecule has 0 amide bonds. The van der Waals surface area contributed by atoms with Crippen LogP contribution in [0.5, 0.6) is 0 Å². The molecule has 1 aromatic heterocycles. The van der Waals surface area contributed by atoms with Gasteiger partial charge < -0.3 is 15.2 Å². The van der Waals surface area contributed by atoms with Crippen molar-refractivity contribution in [2.75, 3.05) is 18.0 Å². The number of benzene rings is 1. The maximum absolute atomic E-state index is 15.0. The van der Waals surface area contributed by atoms with Crippen molar-refractivity contribution >= 4 is 16.6 Å². The summed E-state index contributed by atoms with van der Waals surface area (Å²) in [7, 11) is 0. The van der Waals surface area contributed by atoms with Crippen LogP contribution in [-0.2, 0) is 0 Å². The van der Waals surface area contributed by atoms with Crippen LogP contribution in [0.15, 0.2) is 17.1 Å². The predicted molar refractivity (Wildman–Crippen MR) is 98.0 cm³/mol. The van der Waals surface area contributed by atoms with E-state index in [4.69, 9.17) is 5.73 Å². The van der Waals surface area contributed by atoms with Gasteiger partial charge in [0.15, 0.2) is 5.43 Å². The summed E-state index contributed by atoms with van der Waals surface area (Å²) >= 11 is 0. The van der Waals surface area contributed by atoms with E-state index in [1.54, 1.807) is 13.1 Å². The lowest BCUT2D eigenvalue weighted by Crippen LogP contribution is -2.25. The Bertz CT molecular complexity index is 1000. The maximum atomic E-state index is 15.0. The quantitative estimate of drug-likeness (QED) is 0.897. The van der Waals surface area contributed by atoms with Gasteiger partial charge in [0.2, 0.25) is 0 Å². The molecule has 1 saturated heterocycles. The molecular formula is C20H23F2N3O. The van der Waals surface area contributed by atoms with E-state index in [2.05, 4.69) is 4.90 Å². The van der Waals surface area contributed by atoms with E-state index in [0.717, 1.165) is 31.5 Å². The second kappa shape index (κ2) is 5.06. The lowest BCUT2D eigenvalue weighted by molar-refractivity contribution is 0.444. The first-order valence-electron chi connectivity index (χ1n) is 9.31. The normalized spacial score (nSPS) is 32.7. The first-order chi connectivity index (χ1) is 12.3. The smallest absolute Gasteiger partial charge is 0.192 e. The number of fused-ring (bicyclic) bond motifs is 1. The fourth-order valence-corrected chi connectivity index (χ4v) is 4.83. The number of rotatable bonds is 2. The lowest BCUT2D eigenvalue weighted by Gasteiger charge is -2.24. The van der Waals surface area contributed by atoms with Crippen LogP contribution in [0, 0.1) is 25.1 Å². The molecule has 0 radical (unpaired) electrons. The average molecular weight is 359 g/mol. The van der Waals surface area contributed by atoms with Crippen LogP contribution < -0.4 is 16.1 Å². The number of aromatic nitrogens is 1. The van der Waals surface area contributed by atoms with Crippen molar-refractivity contribution in [2.24, 2.45) is 11.1 Å². The van der Waals surface area contributed by atoms with Crippen LogP contribution in [0.25, 0.3) is 10.9 Å². The molecule has 1 aromatic carbocycles. The molecule has 2 heterocycles. The van der Waals surface area contributed by atoms with E-state index < -0.39 is 6.17 Å². The molecule has 2 aromatic rings. The molecule has 2 saturated carbocycles. The zero-order chi connectivity index (χ0) is 18.4. The van der Waals surface area contributed by atoms with Crippen LogP contribution in [0.3, 0.4) is 0 Å². The third-order valence-electron chi connectivity index (χ3n) is 6.65. The van der Waals surface area contributed by atoms with Crippen molar-refractivity contribution in [1.82, 2.24) is 4.57 Å². The number of nitrogens with zero attached hydrogens (tertiary/aromatic N) is 2. The third-order valence-corrected chi connectivity index (χ3v) is 6.65. The van der Waals surface area contributed by atoms with Crippen LogP contribution in [0.2, 0.25) is 0 Å². The Morgan fingerprint density at radius 3 is 2.62 bits per heavy atom. The molecule has 4 unspecified atom stereocenters. The molecule has 4 nitrogen and oxygen atoms in total. The summed E-state index contributed by atoms with van der Waals surface area (Å²) in [5, 5.41) is 0.347. The zero-order valence-electron chi connectivity index (χ0n) is 15.1. The van der Waals surface area contributed by atoms with Crippen molar-refractivity contribution in [3.63, 3.8) is 0 Å². The fraction of sp³-hybridized carbons (Fsp3) is 0.550. The van der Waals surface area contributed by atoms with Crippen LogP contribution in [0.1, 0.15) is 36.4 Å². The predicted octanol–water partition coefficient (Wildman–Crippen LogP) is 2.97. The summed E-state index contributed by atoms with van der Waals surface area (Å²) in [5.41, 5.74) is 8.49. The molecular weight excluding hydrogens is 336 g/mol. The summed E-state index contributed by atoms with van der Waals surface area (Å²) in [6, 6.07) is 1.29. The highest BCUT2D eigenvalue weighted by molar-refractivity contribution is 5.88. The second-order valence-corrected chi connectivity index (χ2v) is 8.44. The zero-order valence-corrected chi connectivity index (χ0v) is 15.1. The number of hydrogen-bond acceptors (Lipinski definition) is 3. The highest BCUT2D eigenvalue weighted by Gasteiger charge is 2.56. The van der Waals surface area contributed by atoms with Gasteiger partial charge in [-0.1, -0.05) is 0 Å². The van der Waals surface area contributed by atoms with Crippen molar-refractivity contribution in [2.45, 2.75) is 51.4 Å². The van der Waals surface area contributed by atoms with Gasteiger partial charge >= 0.3 is 0 Å². The Morgan fingerprint density at radius 1 is 1.35 bits per heavy atom. The lowest BCUT2D eigenvalue weighted by atomic mass is 10.0. The Balaban J connectivity index is 1.71. The minimum atomic E-state index is -0.896. The summed E-state index contributed by atoms with van der Waals surface area (Å²) in [6.07, 6.45) is 3.25. The van der Waals surface area contributed by atoms with Gasteiger partial charge in [0.05, 0.1) is 17.2 Å². The van der Waals surface area contributed by atoms with E-state index >= 15 is 4.39 Å². The number of halogens is 2. The van der Waals surface area contributed by atoms with E-state index in [-0.39, 0.29) is 28.7 Å². The number of hydrogen-bond donors (Lipinski definition) is 1. The molecule has 3 fully saturated rings. The molecule has 6 heteroatoms. The molecule has 26 heavy (non-hydrogen) atoms. The molecule has 1 aliphatic heterocycles. The minimum absolute atomic E-state index is 0.126. The first kappa shape index (κ1) is 16.2. The van der Waals surface area contributed by atoms with Crippen molar-refractivity contribution in [3.05, 3.63) is 39.4 Å².